The van der Waals surface area contributed by atoms with E-state index in [1.165, 1.54) is 12.1 Å². The number of phenols is 2. The molecule has 3 rings (SSSR count). The number of carbonyl (C=O) groups is 3. The highest BCUT2D eigenvalue weighted by Crippen LogP contribution is 2.28. The van der Waals surface area contributed by atoms with Crippen LogP contribution >= 0.6 is 15.9 Å². The fraction of sp³-hybridized carbons (Fsp3) is 0.211. The zero-order valence-corrected chi connectivity index (χ0v) is 16.0. The topological polar surface area (TPSA) is 107 Å². The van der Waals surface area contributed by atoms with Gasteiger partial charge < -0.3 is 15.5 Å². The SMILES string of the molecule is Cc1cc(O)c(O)cc1CCNC(=O)CN1C(=O)c2ccc(Br)cc2C1=O. The van der Waals surface area contributed by atoms with Gasteiger partial charge in [-0.05, 0) is 54.8 Å². The van der Waals surface area contributed by atoms with Crippen molar-refractivity contribution in [3.05, 3.63) is 57.1 Å². The van der Waals surface area contributed by atoms with Crippen molar-refractivity contribution in [1.29, 1.82) is 0 Å². The molecule has 140 valence electrons. The second-order valence-electron chi connectivity index (χ2n) is 6.25. The highest BCUT2D eigenvalue weighted by molar-refractivity contribution is 9.10. The summed E-state index contributed by atoms with van der Waals surface area (Å²) < 4.78 is 0.682. The maximum Gasteiger partial charge on any atom is 0.262 e. The molecule has 0 fully saturated rings. The molecule has 3 amide bonds. The first kappa shape index (κ1) is 18.9. The van der Waals surface area contributed by atoms with Crippen LogP contribution in [0.3, 0.4) is 0 Å². The number of carbonyl (C=O) groups excluding carboxylic acids is 3. The van der Waals surface area contributed by atoms with Gasteiger partial charge in [0.2, 0.25) is 5.91 Å². The Hall–Kier alpha value is -2.87. The second kappa shape index (κ2) is 7.40. The molecule has 0 spiro atoms. The molecule has 2 aromatic carbocycles. The summed E-state index contributed by atoms with van der Waals surface area (Å²) in [5.41, 5.74) is 2.12. The summed E-state index contributed by atoms with van der Waals surface area (Å²) in [5, 5.41) is 21.7. The van der Waals surface area contributed by atoms with Crippen LogP contribution in [0, 0.1) is 6.92 Å². The molecule has 0 radical (unpaired) electrons. The van der Waals surface area contributed by atoms with Crippen molar-refractivity contribution in [2.75, 3.05) is 13.1 Å². The van der Waals surface area contributed by atoms with Gasteiger partial charge in [-0.15, -0.1) is 0 Å². The first-order valence-electron chi connectivity index (χ1n) is 8.22. The van der Waals surface area contributed by atoms with Crippen LogP contribution in [0.2, 0.25) is 0 Å². The molecule has 0 unspecified atom stereocenters. The van der Waals surface area contributed by atoms with Crippen molar-refractivity contribution in [1.82, 2.24) is 10.2 Å². The number of aromatic hydroxyl groups is 2. The molecule has 0 saturated carbocycles. The molecule has 8 heteroatoms. The Morgan fingerprint density at radius 3 is 2.48 bits per heavy atom. The molecular formula is C19H17BrN2O5. The summed E-state index contributed by atoms with van der Waals surface area (Å²) in [6, 6.07) is 7.68. The van der Waals surface area contributed by atoms with Gasteiger partial charge in [0.15, 0.2) is 11.5 Å². The number of phenolic OH excluding ortho intramolecular Hbond substituents is 2. The third kappa shape index (κ3) is 3.80. The second-order valence-corrected chi connectivity index (χ2v) is 7.17. The number of imide groups is 1. The maximum absolute atomic E-state index is 12.4. The van der Waals surface area contributed by atoms with Crippen LogP contribution in [0.4, 0.5) is 0 Å². The lowest BCUT2D eigenvalue weighted by molar-refractivity contribution is -0.121. The number of benzene rings is 2. The lowest BCUT2D eigenvalue weighted by Gasteiger charge is -2.14. The normalized spacial score (nSPS) is 13.0. The number of aryl methyl sites for hydroxylation is 1. The smallest absolute Gasteiger partial charge is 0.262 e. The highest BCUT2D eigenvalue weighted by Gasteiger charge is 2.36. The van der Waals surface area contributed by atoms with Crippen LogP contribution in [0.25, 0.3) is 0 Å². The summed E-state index contributed by atoms with van der Waals surface area (Å²) in [7, 11) is 0. The Kier molecular flexibility index (Phi) is 5.18. The Morgan fingerprint density at radius 2 is 1.74 bits per heavy atom. The van der Waals surface area contributed by atoms with Crippen molar-refractivity contribution in [2.24, 2.45) is 0 Å². The molecule has 1 heterocycles. The van der Waals surface area contributed by atoms with E-state index in [9.17, 15) is 24.6 Å². The lowest BCUT2D eigenvalue weighted by atomic mass is 10.0. The van der Waals surface area contributed by atoms with E-state index in [-0.39, 0.29) is 35.7 Å². The van der Waals surface area contributed by atoms with E-state index >= 15 is 0 Å². The van der Waals surface area contributed by atoms with Gasteiger partial charge in [-0.2, -0.15) is 0 Å². The Bertz CT molecular complexity index is 957. The number of nitrogens with one attached hydrogen (secondary N) is 1. The van der Waals surface area contributed by atoms with Crippen LogP contribution in [0.1, 0.15) is 31.8 Å². The fourth-order valence-electron chi connectivity index (χ4n) is 2.94. The summed E-state index contributed by atoms with van der Waals surface area (Å²) in [6.07, 6.45) is 0.431. The Morgan fingerprint density at radius 1 is 1.07 bits per heavy atom. The molecule has 0 aromatic heterocycles. The maximum atomic E-state index is 12.4. The van der Waals surface area contributed by atoms with Gasteiger partial charge in [-0.25, -0.2) is 0 Å². The minimum atomic E-state index is -0.495. The minimum absolute atomic E-state index is 0.197. The van der Waals surface area contributed by atoms with Gasteiger partial charge in [0, 0.05) is 11.0 Å². The number of amides is 3. The van der Waals surface area contributed by atoms with Crippen molar-refractivity contribution in [3.63, 3.8) is 0 Å². The summed E-state index contributed by atoms with van der Waals surface area (Å²) in [4.78, 5) is 37.7. The van der Waals surface area contributed by atoms with Crippen LogP contribution in [0.5, 0.6) is 11.5 Å². The average molecular weight is 433 g/mol. The fourth-order valence-corrected chi connectivity index (χ4v) is 3.30. The predicted octanol–water partition coefficient (Wildman–Crippen LogP) is 2.12. The molecule has 0 saturated heterocycles. The van der Waals surface area contributed by atoms with Crippen molar-refractivity contribution in [3.8, 4) is 11.5 Å². The van der Waals surface area contributed by atoms with E-state index in [1.54, 1.807) is 25.1 Å². The number of nitrogens with zero attached hydrogens (tertiary/aromatic N) is 1. The van der Waals surface area contributed by atoms with E-state index in [0.29, 0.717) is 10.9 Å². The van der Waals surface area contributed by atoms with Gasteiger partial charge in [-0.1, -0.05) is 15.9 Å². The molecule has 0 bridgehead atoms. The standard InChI is InChI=1S/C19H17BrN2O5/c1-10-6-15(23)16(24)7-11(10)4-5-21-17(25)9-22-18(26)13-3-2-12(20)8-14(13)19(22)27/h2-3,6-8,23-24H,4-5,9H2,1H3,(H,21,25). The van der Waals surface area contributed by atoms with Crippen LogP contribution < -0.4 is 5.32 Å². The van der Waals surface area contributed by atoms with Gasteiger partial charge in [-0.3, -0.25) is 19.3 Å². The van der Waals surface area contributed by atoms with Gasteiger partial charge in [0.25, 0.3) is 11.8 Å². The third-order valence-corrected chi connectivity index (χ3v) is 4.88. The monoisotopic (exact) mass is 432 g/mol. The van der Waals surface area contributed by atoms with Gasteiger partial charge in [0.05, 0.1) is 11.1 Å². The zero-order chi connectivity index (χ0) is 19.7. The van der Waals surface area contributed by atoms with Crippen LogP contribution in [-0.4, -0.2) is 45.9 Å². The van der Waals surface area contributed by atoms with E-state index in [2.05, 4.69) is 21.2 Å². The predicted molar refractivity (Wildman–Crippen MR) is 101 cm³/mol. The largest absolute Gasteiger partial charge is 0.504 e. The van der Waals surface area contributed by atoms with Crippen molar-refractivity contribution < 1.29 is 24.6 Å². The first-order chi connectivity index (χ1) is 12.8. The molecular weight excluding hydrogens is 416 g/mol. The number of hydrogen-bond donors (Lipinski definition) is 3. The van der Waals surface area contributed by atoms with E-state index in [0.717, 1.165) is 16.0 Å². The first-order valence-corrected chi connectivity index (χ1v) is 9.01. The lowest BCUT2D eigenvalue weighted by Crippen LogP contribution is -2.40. The number of fused-ring (bicyclic) bond motifs is 1. The molecule has 0 atom stereocenters. The molecule has 27 heavy (non-hydrogen) atoms. The van der Waals surface area contributed by atoms with E-state index < -0.39 is 17.7 Å². The quantitative estimate of drug-likeness (QED) is 0.495. The molecule has 0 aliphatic carbocycles. The average Bonchev–Trinajstić information content (AvgIpc) is 2.84. The number of halogens is 1. The molecule has 1 aliphatic rings. The van der Waals surface area contributed by atoms with Gasteiger partial charge in [0.1, 0.15) is 6.54 Å². The number of hydrogen-bond acceptors (Lipinski definition) is 5. The van der Waals surface area contributed by atoms with Crippen molar-refractivity contribution in [2.45, 2.75) is 13.3 Å². The minimum Gasteiger partial charge on any atom is -0.504 e. The highest BCUT2D eigenvalue weighted by atomic mass is 79.9. The summed E-state index contributed by atoms with van der Waals surface area (Å²) >= 11 is 3.26. The Labute approximate surface area is 163 Å². The van der Waals surface area contributed by atoms with Crippen LogP contribution in [0.15, 0.2) is 34.8 Å². The van der Waals surface area contributed by atoms with E-state index in [1.807, 2.05) is 0 Å². The third-order valence-electron chi connectivity index (χ3n) is 4.38. The number of rotatable bonds is 5. The molecule has 1 aliphatic heterocycles. The Balaban J connectivity index is 1.58. The summed E-state index contributed by atoms with van der Waals surface area (Å²) in [5.74, 6) is -1.86. The summed E-state index contributed by atoms with van der Waals surface area (Å²) in [6.45, 7) is 1.69. The van der Waals surface area contributed by atoms with E-state index in [4.69, 9.17) is 0 Å². The van der Waals surface area contributed by atoms with Crippen LogP contribution in [-0.2, 0) is 11.2 Å². The molecule has 2 aromatic rings. The van der Waals surface area contributed by atoms with Crippen molar-refractivity contribution >= 4 is 33.7 Å². The molecule has 3 N–H and O–H groups in total. The zero-order valence-electron chi connectivity index (χ0n) is 14.5. The molecule has 7 nitrogen and oxygen atoms in total. The van der Waals surface area contributed by atoms with Gasteiger partial charge >= 0.3 is 0 Å².